The minimum absolute atomic E-state index is 0.00139. The predicted octanol–water partition coefficient (Wildman–Crippen LogP) is 0.800. The third-order valence-electron chi connectivity index (χ3n) is 3.56. The topological polar surface area (TPSA) is 72.5 Å². The quantitative estimate of drug-likeness (QED) is 0.760. The molecule has 6 heteroatoms. The number of hydrogen-bond acceptors (Lipinski definition) is 4. The molecule has 0 saturated heterocycles. The van der Waals surface area contributed by atoms with Crippen LogP contribution in [0.3, 0.4) is 0 Å². The maximum Gasteiger partial charge on any atom is 0.308 e. The summed E-state index contributed by atoms with van der Waals surface area (Å²) >= 11 is 0. The molecule has 0 heterocycles. The summed E-state index contributed by atoms with van der Waals surface area (Å²) in [5, 5.41) is -0.166. The third-order valence-corrected chi connectivity index (χ3v) is 5.57. The molecule has 2 aliphatic carbocycles. The van der Waals surface area contributed by atoms with Gasteiger partial charge < -0.3 is 4.74 Å². The molecule has 1 N–H and O–H groups in total. The number of hydrogen-bond donors (Lipinski definition) is 1. The molecule has 17 heavy (non-hydrogen) atoms. The van der Waals surface area contributed by atoms with E-state index < -0.39 is 10.0 Å². The number of carbonyl (C=O) groups is 1. The van der Waals surface area contributed by atoms with Crippen molar-refractivity contribution >= 4 is 16.0 Å². The molecule has 2 saturated carbocycles. The van der Waals surface area contributed by atoms with Crippen LogP contribution in [0.2, 0.25) is 0 Å². The van der Waals surface area contributed by atoms with Gasteiger partial charge in [-0.15, -0.1) is 0 Å². The fraction of sp³-hybridized carbons (Fsp3) is 0.909. The second-order valence-electron chi connectivity index (χ2n) is 4.93. The number of sulfonamides is 1. The van der Waals surface area contributed by atoms with Crippen molar-refractivity contribution in [2.45, 2.75) is 49.8 Å². The van der Waals surface area contributed by atoms with Gasteiger partial charge in [0, 0.05) is 6.04 Å². The van der Waals surface area contributed by atoms with E-state index in [4.69, 9.17) is 4.74 Å². The molecule has 2 rings (SSSR count). The van der Waals surface area contributed by atoms with Crippen LogP contribution in [-0.4, -0.2) is 32.8 Å². The van der Waals surface area contributed by atoms with Crippen LogP contribution in [-0.2, 0) is 19.6 Å². The summed E-state index contributed by atoms with van der Waals surface area (Å²) in [6.45, 7) is 0. The normalized spacial score (nSPS) is 29.9. The highest BCUT2D eigenvalue weighted by molar-refractivity contribution is 7.90. The van der Waals surface area contributed by atoms with Gasteiger partial charge in [-0.2, -0.15) is 0 Å². The minimum atomic E-state index is -3.10. The molecule has 0 atom stereocenters. The first-order chi connectivity index (χ1) is 8.03. The smallest absolute Gasteiger partial charge is 0.308 e. The van der Waals surface area contributed by atoms with Crippen LogP contribution >= 0.6 is 0 Å². The molecule has 0 radical (unpaired) electrons. The number of methoxy groups -OCH3 is 1. The van der Waals surface area contributed by atoms with E-state index in [1.807, 2.05) is 0 Å². The SMILES string of the molecule is COC(=O)C1CCC(NS(=O)(=O)C2CC2)CC1. The van der Waals surface area contributed by atoms with Gasteiger partial charge in [0.05, 0.1) is 18.3 Å². The molecule has 5 nitrogen and oxygen atoms in total. The van der Waals surface area contributed by atoms with Gasteiger partial charge in [0.25, 0.3) is 0 Å². The second-order valence-corrected chi connectivity index (χ2v) is 6.93. The van der Waals surface area contributed by atoms with Crippen molar-refractivity contribution in [2.75, 3.05) is 7.11 Å². The van der Waals surface area contributed by atoms with Gasteiger partial charge in [0.15, 0.2) is 0 Å². The van der Waals surface area contributed by atoms with Crippen molar-refractivity contribution < 1.29 is 17.9 Å². The maximum atomic E-state index is 11.7. The number of nitrogens with one attached hydrogen (secondary N) is 1. The lowest BCUT2D eigenvalue weighted by atomic mass is 9.86. The first-order valence-electron chi connectivity index (χ1n) is 6.12. The number of carbonyl (C=O) groups excluding carboxylic acids is 1. The molecular formula is C11H19NO4S. The molecule has 0 aliphatic heterocycles. The van der Waals surface area contributed by atoms with E-state index >= 15 is 0 Å². The van der Waals surface area contributed by atoms with Gasteiger partial charge >= 0.3 is 5.97 Å². The molecule has 0 unspecified atom stereocenters. The molecule has 2 fully saturated rings. The summed E-state index contributed by atoms with van der Waals surface area (Å²) in [5.41, 5.74) is 0. The van der Waals surface area contributed by atoms with Crippen molar-refractivity contribution in [2.24, 2.45) is 5.92 Å². The van der Waals surface area contributed by atoms with Crippen LogP contribution in [0.4, 0.5) is 0 Å². The van der Waals surface area contributed by atoms with Crippen LogP contribution in [0, 0.1) is 5.92 Å². The first kappa shape index (κ1) is 12.8. The highest BCUT2D eigenvalue weighted by atomic mass is 32.2. The molecule has 0 aromatic carbocycles. The summed E-state index contributed by atoms with van der Waals surface area (Å²) in [6, 6.07) is 0.00139. The molecule has 0 spiro atoms. The Hall–Kier alpha value is -0.620. The Morgan fingerprint density at radius 1 is 1.12 bits per heavy atom. The Balaban J connectivity index is 1.81. The Morgan fingerprint density at radius 2 is 1.71 bits per heavy atom. The largest absolute Gasteiger partial charge is 0.469 e. The third kappa shape index (κ3) is 3.19. The van der Waals surface area contributed by atoms with E-state index in [2.05, 4.69) is 4.72 Å². The molecule has 0 bridgehead atoms. The second kappa shape index (κ2) is 4.94. The van der Waals surface area contributed by atoms with Crippen LogP contribution in [0.15, 0.2) is 0 Å². The molecule has 0 amide bonds. The van der Waals surface area contributed by atoms with Gasteiger partial charge in [-0.25, -0.2) is 13.1 Å². The van der Waals surface area contributed by atoms with E-state index in [-0.39, 0.29) is 23.2 Å². The van der Waals surface area contributed by atoms with Gasteiger partial charge in [-0.05, 0) is 38.5 Å². The standard InChI is InChI=1S/C11H19NO4S/c1-16-11(13)8-2-4-9(5-3-8)12-17(14,15)10-6-7-10/h8-10,12H,2-7H2,1H3. The average molecular weight is 261 g/mol. The first-order valence-corrected chi connectivity index (χ1v) is 7.66. The summed E-state index contributed by atoms with van der Waals surface area (Å²) in [5.74, 6) is -0.227. The minimum Gasteiger partial charge on any atom is -0.469 e. The predicted molar refractivity (Wildman–Crippen MR) is 62.8 cm³/mol. The van der Waals surface area contributed by atoms with Crippen molar-refractivity contribution in [1.29, 1.82) is 0 Å². The molecular weight excluding hydrogens is 242 g/mol. The van der Waals surface area contributed by atoms with E-state index in [1.165, 1.54) is 7.11 Å². The van der Waals surface area contributed by atoms with Crippen LogP contribution in [0.5, 0.6) is 0 Å². The zero-order chi connectivity index (χ0) is 12.5. The van der Waals surface area contributed by atoms with Crippen molar-refractivity contribution in [3.63, 3.8) is 0 Å². The zero-order valence-corrected chi connectivity index (χ0v) is 10.8. The fourth-order valence-corrected chi connectivity index (χ4v) is 3.97. The molecule has 2 aliphatic rings. The van der Waals surface area contributed by atoms with Crippen molar-refractivity contribution in [3.05, 3.63) is 0 Å². The van der Waals surface area contributed by atoms with Gasteiger partial charge in [0.1, 0.15) is 0 Å². The molecule has 0 aromatic heterocycles. The van der Waals surface area contributed by atoms with E-state index in [0.717, 1.165) is 25.7 Å². The van der Waals surface area contributed by atoms with Gasteiger partial charge in [-0.1, -0.05) is 0 Å². The van der Waals surface area contributed by atoms with E-state index in [9.17, 15) is 13.2 Å². The molecule has 98 valence electrons. The zero-order valence-electron chi connectivity index (χ0n) is 10.0. The highest BCUT2D eigenvalue weighted by Gasteiger charge is 2.38. The number of ether oxygens (including phenoxy) is 1. The summed E-state index contributed by atoms with van der Waals surface area (Å²) in [6.07, 6.45) is 4.45. The summed E-state index contributed by atoms with van der Waals surface area (Å²) in [7, 11) is -1.70. The summed E-state index contributed by atoms with van der Waals surface area (Å²) < 4.78 is 30.9. The summed E-state index contributed by atoms with van der Waals surface area (Å²) in [4.78, 5) is 11.3. The van der Waals surface area contributed by atoms with Crippen molar-refractivity contribution in [1.82, 2.24) is 4.72 Å². The van der Waals surface area contributed by atoms with Crippen molar-refractivity contribution in [3.8, 4) is 0 Å². The lowest BCUT2D eigenvalue weighted by Crippen LogP contribution is -2.40. The monoisotopic (exact) mass is 261 g/mol. The number of rotatable bonds is 4. The average Bonchev–Trinajstić information content (AvgIpc) is 3.12. The highest BCUT2D eigenvalue weighted by Crippen LogP contribution is 2.30. The number of esters is 1. The lowest BCUT2D eigenvalue weighted by molar-refractivity contribution is -0.146. The van der Waals surface area contributed by atoms with Gasteiger partial charge in [-0.3, -0.25) is 4.79 Å². The van der Waals surface area contributed by atoms with Crippen LogP contribution in [0.25, 0.3) is 0 Å². The Bertz CT molecular complexity index is 380. The maximum absolute atomic E-state index is 11.7. The lowest BCUT2D eigenvalue weighted by Gasteiger charge is -2.27. The Labute approximate surface area is 102 Å². The Morgan fingerprint density at radius 3 is 2.18 bits per heavy atom. The van der Waals surface area contributed by atoms with Crippen LogP contribution in [0.1, 0.15) is 38.5 Å². The van der Waals surface area contributed by atoms with E-state index in [0.29, 0.717) is 12.8 Å². The van der Waals surface area contributed by atoms with Crippen LogP contribution < -0.4 is 4.72 Å². The molecule has 0 aromatic rings. The van der Waals surface area contributed by atoms with E-state index in [1.54, 1.807) is 0 Å². The van der Waals surface area contributed by atoms with Gasteiger partial charge in [0.2, 0.25) is 10.0 Å². The Kier molecular flexibility index (Phi) is 3.73. The fourth-order valence-electron chi connectivity index (χ4n) is 2.32.